The lowest BCUT2D eigenvalue weighted by molar-refractivity contribution is 0.00578. The zero-order valence-electron chi connectivity index (χ0n) is 19.7. The molecule has 0 radical (unpaired) electrons. The summed E-state index contributed by atoms with van der Waals surface area (Å²) in [5.41, 5.74) is 4.23. The molecule has 0 aliphatic carbocycles. The Morgan fingerprint density at radius 2 is 1.72 bits per heavy atom. The summed E-state index contributed by atoms with van der Waals surface area (Å²) in [6, 6.07) is 2.14. The highest BCUT2D eigenvalue weighted by atomic mass is 16.7. The molecule has 2 rings (SSSR count). The van der Waals surface area contributed by atoms with E-state index in [9.17, 15) is 0 Å². The second-order valence-corrected chi connectivity index (χ2v) is 9.02. The minimum atomic E-state index is -0.506. The van der Waals surface area contributed by atoms with Crippen LogP contribution in [0.15, 0.2) is 6.07 Å². The van der Waals surface area contributed by atoms with Crippen LogP contribution in [0.3, 0.4) is 0 Å². The van der Waals surface area contributed by atoms with Crippen LogP contribution in [0.4, 0.5) is 5.69 Å². The van der Waals surface area contributed by atoms with Gasteiger partial charge in [-0.25, -0.2) is 0 Å². The molecule has 0 aromatic heterocycles. The predicted molar refractivity (Wildman–Crippen MR) is 123 cm³/mol. The number of hydrogen-bond donors (Lipinski definition) is 2. The van der Waals surface area contributed by atoms with Crippen molar-refractivity contribution in [2.45, 2.75) is 98.5 Å². The van der Waals surface area contributed by atoms with E-state index in [2.05, 4.69) is 66.8 Å². The first-order valence-electron chi connectivity index (χ1n) is 10.9. The molecule has 1 aliphatic rings. The summed E-state index contributed by atoms with van der Waals surface area (Å²) >= 11 is 0. The SMILES string of the molecule is CCOC(CC)Nc1cc(C)c(C(C)CC)c(B2OC(C)(C)C(C)(C)O2)c1C=N. The lowest BCUT2D eigenvalue weighted by atomic mass is 9.68. The van der Waals surface area contributed by atoms with E-state index < -0.39 is 18.3 Å². The first-order chi connectivity index (χ1) is 13.5. The van der Waals surface area contributed by atoms with Crippen molar-refractivity contribution in [2.24, 2.45) is 0 Å². The maximum Gasteiger partial charge on any atom is 0.495 e. The third kappa shape index (κ3) is 4.70. The van der Waals surface area contributed by atoms with E-state index in [1.165, 1.54) is 17.3 Å². The van der Waals surface area contributed by atoms with Gasteiger partial charge in [-0.2, -0.15) is 0 Å². The fraction of sp³-hybridized carbons (Fsp3) is 0.696. The second-order valence-electron chi connectivity index (χ2n) is 9.02. The van der Waals surface area contributed by atoms with E-state index in [1.54, 1.807) is 0 Å². The van der Waals surface area contributed by atoms with Gasteiger partial charge in [0.15, 0.2) is 0 Å². The minimum Gasteiger partial charge on any atom is -0.399 e. The third-order valence-electron chi connectivity index (χ3n) is 6.45. The molecule has 2 unspecified atom stereocenters. The maximum atomic E-state index is 8.24. The number of benzene rings is 1. The molecule has 0 amide bonds. The highest BCUT2D eigenvalue weighted by molar-refractivity contribution is 6.64. The summed E-state index contributed by atoms with van der Waals surface area (Å²) in [6.45, 7) is 19.5. The van der Waals surface area contributed by atoms with Crippen molar-refractivity contribution >= 4 is 24.5 Å². The first kappa shape index (κ1) is 23.9. The van der Waals surface area contributed by atoms with Crippen molar-refractivity contribution in [3.63, 3.8) is 0 Å². The number of anilines is 1. The monoisotopic (exact) mass is 402 g/mol. The molecule has 1 fully saturated rings. The van der Waals surface area contributed by atoms with Gasteiger partial charge in [-0.1, -0.05) is 20.8 Å². The largest absolute Gasteiger partial charge is 0.495 e. The van der Waals surface area contributed by atoms with Crippen molar-refractivity contribution in [3.8, 4) is 0 Å². The van der Waals surface area contributed by atoms with Crippen LogP contribution in [-0.2, 0) is 14.0 Å². The highest BCUT2D eigenvalue weighted by Gasteiger charge is 2.53. The molecule has 162 valence electrons. The molecule has 1 aliphatic heterocycles. The van der Waals surface area contributed by atoms with E-state index in [1.807, 2.05) is 6.92 Å². The van der Waals surface area contributed by atoms with Crippen LogP contribution in [0.5, 0.6) is 0 Å². The molecule has 0 saturated carbocycles. The Hall–Kier alpha value is -1.37. The summed E-state index contributed by atoms with van der Waals surface area (Å²) in [5.74, 6) is 0.339. The summed E-state index contributed by atoms with van der Waals surface area (Å²) < 4.78 is 18.7. The van der Waals surface area contributed by atoms with Crippen LogP contribution in [-0.4, -0.2) is 37.4 Å². The molecule has 2 atom stereocenters. The van der Waals surface area contributed by atoms with E-state index in [4.69, 9.17) is 19.5 Å². The number of ether oxygens (including phenoxy) is 1. The number of nitrogens with one attached hydrogen (secondary N) is 2. The molecule has 1 aromatic carbocycles. The summed E-state index contributed by atoms with van der Waals surface area (Å²) in [4.78, 5) is 0. The molecular formula is C23H39BN2O3. The van der Waals surface area contributed by atoms with Crippen LogP contribution in [0.25, 0.3) is 0 Å². The first-order valence-corrected chi connectivity index (χ1v) is 10.9. The predicted octanol–water partition coefficient (Wildman–Crippen LogP) is 4.99. The van der Waals surface area contributed by atoms with Gasteiger partial charge in [-0.15, -0.1) is 0 Å². The van der Waals surface area contributed by atoms with Crippen LogP contribution in [0.2, 0.25) is 0 Å². The molecule has 6 heteroatoms. The normalized spacial score (nSPS) is 19.8. The average Bonchev–Trinajstić information content (AvgIpc) is 2.87. The maximum absolute atomic E-state index is 8.24. The third-order valence-corrected chi connectivity index (χ3v) is 6.45. The summed E-state index contributed by atoms with van der Waals surface area (Å²) in [7, 11) is -0.506. The van der Waals surface area contributed by atoms with Gasteiger partial charge < -0.3 is 24.8 Å². The molecular weight excluding hydrogens is 363 g/mol. The fourth-order valence-electron chi connectivity index (χ4n) is 3.86. The van der Waals surface area contributed by atoms with Crippen molar-refractivity contribution in [1.29, 1.82) is 5.41 Å². The van der Waals surface area contributed by atoms with Crippen molar-refractivity contribution in [3.05, 3.63) is 22.8 Å². The molecule has 2 N–H and O–H groups in total. The standard InChI is InChI=1S/C23H39BN2O3/c1-10-15(4)20-16(5)13-18(26-19(11-2)27-12-3)17(14-25)21(20)24-28-22(6,7)23(8,9)29-24/h13-15,19,25-26H,10-12H2,1-9H3. The van der Waals surface area contributed by atoms with E-state index in [-0.39, 0.29) is 6.23 Å². The molecule has 0 spiro atoms. The van der Waals surface area contributed by atoms with E-state index in [0.717, 1.165) is 29.6 Å². The highest BCUT2D eigenvalue weighted by Crippen LogP contribution is 2.38. The minimum absolute atomic E-state index is 0.0984. The van der Waals surface area contributed by atoms with Crippen LogP contribution in [0.1, 0.15) is 90.8 Å². The molecule has 1 heterocycles. The molecule has 29 heavy (non-hydrogen) atoms. The van der Waals surface area contributed by atoms with Gasteiger partial charge >= 0.3 is 7.12 Å². The molecule has 1 saturated heterocycles. The Morgan fingerprint density at radius 1 is 1.14 bits per heavy atom. The lowest BCUT2D eigenvalue weighted by Gasteiger charge is -2.32. The van der Waals surface area contributed by atoms with E-state index in [0.29, 0.717) is 12.5 Å². The van der Waals surface area contributed by atoms with Gasteiger partial charge in [0.25, 0.3) is 0 Å². The van der Waals surface area contributed by atoms with Gasteiger partial charge in [0.05, 0.1) is 11.2 Å². The van der Waals surface area contributed by atoms with Crippen molar-refractivity contribution < 1.29 is 14.0 Å². The number of rotatable bonds is 9. The zero-order chi connectivity index (χ0) is 22.0. The molecule has 0 bridgehead atoms. The Labute approximate surface area is 177 Å². The number of hydrogen-bond acceptors (Lipinski definition) is 5. The van der Waals surface area contributed by atoms with Gasteiger partial charge in [-0.05, 0) is 83.0 Å². The molecule has 5 nitrogen and oxygen atoms in total. The van der Waals surface area contributed by atoms with Gasteiger partial charge in [0.2, 0.25) is 0 Å². The Kier molecular flexibility index (Phi) is 7.58. The van der Waals surface area contributed by atoms with Crippen LogP contribution >= 0.6 is 0 Å². The van der Waals surface area contributed by atoms with Gasteiger partial charge in [0, 0.05) is 24.1 Å². The average molecular weight is 402 g/mol. The Balaban J connectivity index is 2.66. The second kappa shape index (κ2) is 9.19. The topological polar surface area (TPSA) is 63.6 Å². The van der Waals surface area contributed by atoms with Crippen molar-refractivity contribution in [2.75, 3.05) is 11.9 Å². The van der Waals surface area contributed by atoms with Gasteiger partial charge in [0.1, 0.15) is 6.23 Å². The lowest BCUT2D eigenvalue weighted by Crippen LogP contribution is -2.41. The smallest absolute Gasteiger partial charge is 0.399 e. The van der Waals surface area contributed by atoms with Gasteiger partial charge in [-0.3, -0.25) is 0 Å². The Morgan fingerprint density at radius 3 is 2.17 bits per heavy atom. The van der Waals surface area contributed by atoms with Crippen LogP contribution in [0, 0.1) is 12.3 Å². The fourth-order valence-corrected chi connectivity index (χ4v) is 3.86. The number of aryl methyl sites for hydroxylation is 1. The summed E-state index contributed by atoms with van der Waals surface area (Å²) in [5, 5.41) is 11.7. The van der Waals surface area contributed by atoms with E-state index >= 15 is 0 Å². The summed E-state index contributed by atoms with van der Waals surface area (Å²) in [6.07, 6.45) is 3.17. The zero-order valence-corrected chi connectivity index (χ0v) is 19.7. The van der Waals surface area contributed by atoms with Crippen molar-refractivity contribution in [1.82, 2.24) is 0 Å². The Bertz CT molecular complexity index is 717. The quantitative estimate of drug-likeness (QED) is 0.347. The van der Waals surface area contributed by atoms with Crippen LogP contribution < -0.4 is 10.8 Å². The molecule has 1 aromatic rings.